The molecule has 0 spiro atoms. The summed E-state index contributed by atoms with van der Waals surface area (Å²) in [6.07, 6.45) is 1.60. The van der Waals surface area contributed by atoms with Gasteiger partial charge in [-0.05, 0) is 32.9 Å². The first-order valence-electron chi connectivity index (χ1n) is 6.98. The highest BCUT2D eigenvalue weighted by Gasteiger charge is 2.22. The molecule has 2 rings (SSSR count). The second-order valence-electron chi connectivity index (χ2n) is 5.20. The summed E-state index contributed by atoms with van der Waals surface area (Å²) in [6.45, 7) is 5.75. The van der Waals surface area contributed by atoms with E-state index in [0.29, 0.717) is 5.82 Å². The third-order valence-corrected chi connectivity index (χ3v) is 3.31. The summed E-state index contributed by atoms with van der Waals surface area (Å²) in [5, 5.41) is 10.6. The summed E-state index contributed by atoms with van der Waals surface area (Å²) in [6, 6.07) is 4.00. The summed E-state index contributed by atoms with van der Waals surface area (Å²) in [5.41, 5.74) is -0.118. The van der Waals surface area contributed by atoms with Gasteiger partial charge in [-0.2, -0.15) is 0 Å². The molecule has 118 valence electrons. The highest BCUT2D eigenvalue weighted by molar-refractivity contribution is 5.97. The molecule has 0 saturated heterocycles. The van der Waals surface area contributed by atoms with Gasteiger partial charge in [0.05, 0.1) is 13.2 Å². The smallest absolute Gasteiger partial charge is 0.258 e. The number of carbonyl (C=O) groups excluding carboxylic acids is 1. The van der Waals surface area contributed by atoms with Crippen molar-refractivity contribution in [1.82, 2.24) is 20.1 Å². The van der Waals surface area contributed by atoms with E-state index in [1.807, 2.05) is 18.4 Å². The van der Waals surface area contributed by atoms with Gasteiger partial charge in [0.15, 0.2) is 5.82 Å². The number of ether oxygens (including phenoxy) is 1. The lowest BCUT2D eigenvalue weighted by Crippen LogP contribution is -2.30. The van der Waals surface area contributed by atoms with E-state index in [0.717, 1.165) is 0 Å². The van der Waals surface area contributed by atoms with Crippen molar-refractivity contribution in [2.75, 3.05) is 7.11 Å². The number of aromatic nitrogens is 3. The maximum atomic E-state index is 13.9. The Morgan fingerprint density at radius 1 is 1.36 bits per heavy atom. The minimum Gasteiger partial charge on any atom is -0.496 e. The molecule has 0 aliphatic heterocycles. The van der Waals surface area contributed by atoms with E-state index < -0.39 is 17.8 Å². The van der Waals surface area contributed by atoms with E-state index in [2.05, 4.69) is 15.5 Å². The largest absolute Gasteiger partial charge is 0.496 e. The lowest BCUT2D eigenvalue weighted by Gasteiger charge is -2.17. The Hall–Kier alpha value is -2.44. The number of hydrogen-bond donors (Lipinski definition) is 1. The Morgan fingerprint density at radius 3 is 2.73 bits per heavy atom. The van der Waals surface area contributed by atoms with Crippen LogP contribution in [0.5, 0.6) is 5.75 Å². The molecule has 0 saturated carbocycles. The third-order valence-electron chi connectivity index (χ3n) is 3.31. The second kappa shape index (κ2) is 6.55. The van der Waals surface area contributed by atoms with Crippen LogP contribution in [0.4, 0.5) is 4.39 Å². The summed E-state index contributed by atoms with van der Waals surface area (Å²) in [5.74, 6) is -0.385. The Balaban J connectivity index is 2.24. The van der Waals surface area contributed by atoms with E-state index in [-0.39, 0.29) is 17.4 Å². The maximum Gasteiger partial charge on any atom is 0.258 e. The van der Waals surface area contributed by atoms with Gasteiger partial charge < -0.3 is 14.6 Å². The molecule has 0 fully saturated rings. The van der Waals surface area contributed by atoms with E-state index in [1.165, 1.54) is 19.2 Å². The van der Waals surface area contributed by atoms with Crippen LogP contribution in [-0.2, 0) is 0 Å². The molecule has 0 bridgehead atoms. The SMILES string of the molecule is COc1cccc(F)c1C(=O)N[C@@H](C)c1nncn1C(C)C. The molecular formula is C15H19FN4O2. The van der Waals surface area contributed by atoms with Crippen molar-refractivity contribution in [2.24, 2.45) is 0 Å². The number of nitrogens with zero attached hydrogens (tertiary/aromatic N) is 3. The van der Waals surface area contributed by atoms with Crippen LogP contribution in [0.15, 0.2) is 24.5 Å². The van der Waals surface area contributed by atoms with Gasteiger partial charge in [0.2, 0.25) is 0 Å². The molecular weight excluding hydrogens is 287 g/mol. The number of nitrogens with one attached hydrogen (secondary N) is 1. The van der Waals surface area contributed by atoms with Gasteiger partial charge in [-0.3, -0.25) is 4.79 Å². The zero-order chi connectivity index (χ0) is 16.3. The van der Waals surface area contributed by atoms with Gasteiger partial charge in [0, 0.05) is 6.04 Å². The van der Waals surface area contributed by atoms with Crippen LogP contribution in [0.25, 0.3) is 0 Å². The van der Waals surface area contributed by atoms with E-state index in [1.54, 1.807) is 19.3 Å². The molecule has 1 aromatic heterocycles. The predicted octanol–water partition coefficient (Wildman–Crippen LogP) is 2.50. The van der Waals surface area contributed by atoms with Crippen molar-refractivity contribution >= 4 is 5.91 Å². The highest BCUT2D eigenvalue weighted by Crippen LogP contribution is 2.22. The molecule has 0 unspecified atom stereocenters. The van der Waals surface area contributed by atoms with Gasteiger partial charge in [0.25, 0.3) is 5.91 Å². The first kappa shape index (κ1) is 15.9. The minimum absolute atomic E-state index is 0.118. The molecule has 0 aliphatic rings. The monoisotopic (exact) mass is 306 g/mol. The molecule has 1 N–H and O–H groups in total. The number of amides is 1. The van der Waals surface area contributed by atoms with Crippen LogP contribution in [0.1, 0.15) is 49.0 Å². The van der Waals surface area contributed by atoms with E-state index >= 15 is 0 Å². The number of hydrogen-bond acceptors (Lipinski definition) is 4. The molecule has 7 heteroatoms. The fraction of sp³-hybridized carbons (Fsp3) is 0.400. The molecule has 22 heavy (non-hydrogen) atoms. The Bertz CT molecular complexity index is 669. The van der Waals surface area contributed by atoms with Gasteiger partial charge >= 0.3 is 0 Å². The fourth-order valence-electron chi connectivity index (χ4n) is 2.19. The molecule has 0 radical (unpaired) electrons. The van der Waals surface area contributed by atoms with Crippen molar-refractivity contribution in [2.45, 2.75) is 32.9 Å². The molecule has 1 atom stereocenters. The van der Waals surface area contributed by atoms with Crippen molar-refractivity contribution in [3.8, 4) is 5.75 Å². The van der Waals surface area contributed by atoms with Crippen LogP contribution in [0.2, 0.25) is 0 Å². The topological polar surface area (TPSA) is 69.0 Å². The van der Waals surface area contributed by atoms with Crippen molar-refractivity contribution < 1.29 is 13.9 Å². The van der Waals surface area contributed by atoms with Gasteiger partial charge in [0.1, 0.15) is 23.5 Å². The molecule has 0 aliphatic carbocycles. The van der Waals surface area contributed by atoms with Gasteiger partial charge in [-0.15, -0.1) is 10.2 Å². The van der Waals surface area contributed by atoms with E-state index in [9.17, 15) is 9.18 Å². The maximum absolute atomic E-state index is 13.9. The zero-order valence-electron chi connectivity index (χ0n) is 13.0. The molecule has 1 aromatic carbocycles. The van der Waals surface area contributed by atoms with Crippen LogP contribution in [0.3, 0.4) is 0 Å². The Kier molecular flexibility index (Phi) is 4.75. The Labute approximate surface area is 128 Å². The van der Waals surface area contributed by atoms with Crippen LogP contribution < -0.4 is 10.1 Å². The number of carbonyl (C=O) groups is 1. The zero-order valence-corrected chi connectivity index (χ0v) is 13.0. The summed E-state index contributed by atoms with van der Waals surface area (Å²) < 4.78 is 20.8. The molecule has 6 nitrogen and oxygen atoms in total. The van der Waals surface area contributed by atoms with Gasteiger partial charge in [-0.25, -0.2) is 4.39 Å². The summed E-state index contributed by atoms with van der Waals surface area (Å²) >= 11 is 0. The van der Waals surface area contributed by atoms with Crippen LogP contribution in [-0.4, -0.2) is 27.8 Å². The van der Waals surface area contributed by atoms with Crippen LogP contribution >= 0.6 is 0 Å². The lowest BCUT2D eigenvalue weighted by molar-refractivity contribution is 0.0930. The van der Waals surface area contributed by atoms with Gasteiger partial charge in [-0.1, -0.05) is 6.07 Å². The van der Waals surface area contributed by atoms with Crippen molar-refractivity contribution in [1.29, 1.82) is 0 Å². The number of halogens is 1. The standard InChI is InChI=1S/C15H19FN4O2/c1-9(2)20-8-17-19-14(20)10(3)18-15(21)13-11(16)6-5-7-12(13)22-4/h5-10H,1-4H3,(H,18,21)/t10-/m0/s1. The molecule has 2 aromatic rings. The summed E-state index contributed by atoms with van der Waals surface area (Å²) in [4.78, 5) is 12.3. The average molecular weight is 306 g/mol. The lowest BCUT2D eigenvalue weighted by atomic mass is 10.1. The molecule has 1 heterocycles. The number of rotatable bonds is 5. The van der Waals surface area contributed by atoms with Crippen molar-refractivity contribution in [3.63, 3.8) is 0 Å². The quantitative estimate of drug-likeness (QED) is 0.921. The normalized spacial score (nSPS) is 12.3. The third kappa shape index (κ3) is 3.08. The second-order valence-corrected chi connectivity index (χ2v) is 5.20. The highest BCUT2D eigenvalue weighted by atomic mass is 19.1. The van der Waals surface area contributed by atoms with Crippen molar-refractivity contribution in [3.05, 3.63) is 41.7 Å². The average Bonchev–Trinajstić information content (AvgIpc) is 2.96. The van der Waals surface area contributed by atoms with Crippen LogP contribution in [0, 0.1) is 5.82 Å². The first-order valence-corrected chi connectivity index (χ1v) is 6.98. The minimum atomic E-state index is -0.630. The molecule has 1 amide bonds. The first-order chi connectivity index (χ1) is 10.5. The number of benzene rings is 1. The Morgan fingerprint density at radius 2 is 2.09 bits per heavy atom. The number of methoxy groups -OCH3 is 1. The summed E-state index contributed by atoms with van der Waals surface area (Å²) in [7, 11) is 1.39. The predicted molar refractivity (Wildman–Crippen MR) is 79.2 cm³/mol. The van der Waals surface area contributed by atoms with E-state index in [4.69, 9.17) is 4.74 Å². The fourth-order valence-corrected chi connectivity index (χ4v) is 2.19.